The maximum atomic E-state index is 11.8. The van der Waals surface area contributed by atoms with Crippen LogP contribution in [0, 0.1) is 0 Å². The molecule has 0 unspecified atom stereocenters. The second-order valence-electron chi connectivity index (χ2n) is 5.03. The van der Waals surface area contributed by atoms with Crippen LogP contribution in [0.1, 0.15) is 24.6 Å². The van der Waals surface area contributed by atoms with Crippen molar-refractivity contribution in [2.24, 2.45) is 4.99 Å². The Labute approximate surface area is 123 Å². The molecule has 2 aromatic rings. The van der Waals surface area contributed by atoms with E-state index in [4.69, 9.17) is 0 Å². The molecule has 0 amide bonds. The number of aliphatic imine (C=N–C) groups is 1. The molecule has 5 heteroatoms. The molecule has 2 heterocycles. The molecule has 0 bridgehead atoms. The molecule has 0 fully saturated rings. The fourth-order valence-corrected chi connectivity index (χ4v) is 2.49. The van der Waals surface area contributed by atoms with E-state index < -0.39 is 0 Å². The minimum atomic E-state index is -0.109. The summed E-state index contributed by atoms with van der Waals surface area (Å²) in [4.78, 5) is 25.8. The summed E-state index contributed by atoms with van der Waals surface area (Å²) in [6, 6.07) is 11.6. The van der Waals surface area contributed by atoms with E-state index in [0.717, 1.165) is 36.5 Å². The van der Waals surface area contributed by atoms with Crippen LogP contribution in [0.2, 0.25) is 0 Å². The largest absolute Gasteiger partial charge is 0.294 e. The lowest BCUT2D eigenvalue weighted by molar-refractivity contribution is 0.853. The maximum Gasteiger partial charge on any atom is 0.252 e. The van der Waals surface area contributed by atoms with E-state index in [1.165, 1.54) is 0 Å². The first-order chi connectivity index (χ1) is 10.3. The summed E-state index contributed by atoms with van der Waals surface area (Å²) in [5.41, 5.74) is 1.76. The third-order valence-electron chi connectivity index (χ3n) is 3.42. The maximum absolute atomic E-state index is 11.8. The highest BCUT2D eigenvalue weighted by Crippen LogP contribution is 2.16. The molecule has 3 rings (SSSR count). The van der Waals surface area contributed by atoms with E-state index in [2.05, 4.69) is 21.9 Å². The molecular weight excluding hydrogens is 264 g/mol. The molecule has 0 atom stereocenters. The fourth-order valence-electron chi connectivity index (χ4n) is 2.49. The normalized spacial score (nSPS) is 14.3. The van der Waals surface area contributed by atoms with E-state index in [1.54, 1.807) is 6.07 Å². The van der Waals surface area contributed by atoms with Crippen molar-refractivity contribution in [3.63, 3.8) is 0 Å². The van der Waals surface area contributed by atoms with Crippen molar-refractivity contribution in [3.8, 4) is 0 Å². The van der Waals surface area contributed by atoms with Gasteiger partial charge in [0.2, 0.25) is 5.95 Å². The van der Waals surface area contributed by atoms with E-state index in [-0.39, 0.29) is 5.56 Å². The number of nitrogens with one attached hydrogen (secondary N) is 1. The topological polar surface area (TPSA) is 61.4 Å². The molecule has 21 heavy (non-hydrogen) atoms. The number of nitrogens with zero attached hydrogens (tertiary/aromatic N) is 3. The molecule has 1 N–H and O–H groups in total. The summed E-state index contributed by atoms with van der Waals surface area (Å²) >= 11 is 0. The molecule has 0 radical (unpaired) electrons. The average Bonchev–Trinajstić information content (AvgIpc) is 2.97. The Morgan fingerprint density at radius 1 is 1.29 bits per heavy atom. The van der Waals surface area contributed by atoms with Gasteiger partial charge in [-0.05, 0) is 6.42 Å². The lowest BCUT2D eigenvalue weighted by atomic mass is 10.2. The number of aromatic amines is 1. The van der Waals surface area contributed by atoms with Crippen LogP contribution in [0.3, 0.4) is 0 Å². The monoisotopic (exact) mass is 282 g/mol. The lowest BCUT2D eigenvalue weighted by Crippen LogP contribution is -2.31. The minimum Gasteiger partial charge on any atom is -0.294 e. The van der Waals surface area contributed by atoms with Gasteiger partial charge in [0, 0.05) is 23.9 Å². The van der Waals surface area contributed by atoms with Crippen molar-refractivity contribution >= 4 is 11.8 Å². The van der Waals surface area contributed by atoms with Gasteiger partial charge in [0.05, 0.1) is 6.54 Å². The Bertz CT molecular complexity index is 706. The van der Waals surface area contributed by atoms with Gasteiger partial charge in [-0.2, -0.15) is 0 Å². The van der Waals surface area contributed by atoms with Gasteiger partial charge >= 0.3 is 0 Å². The molecule has 0 aliphatic carbocycles. The van der Waals surface area contributed by atoms with Gasteiger partial charge in [0.1, 0.15) is 5.84 Å². The summed E-state index contributed by atoms with van der Waals surface area (Å²) in [5, 5.41) is 0. The van der Waals surface area contributed by atoms with Crippen LogP contribution in [-0.2, 0) is 6.42 Å². The van der Waals surface area contributed by atoms with Crippen LogP contribution in [0.15, 0.2) is 46.2 Å². The molecule has 0 saturated carbocycles. The summed E-state index contributed by atoms with van der Waals surface area (Å²) in [7, 11) is 0. The number of aromatic nitrogens is 2. The quantitative estimate of drug-likeness (QED) is 0.933. The first kappa shape index (κ1) is 13.5. The molecule has 1 aliphatic rings. The molecule has 1 aromatic carbocycles. The number of anilines is 1. The summed E-state index contributed by atoms with van der Waals surface area (Å²) in [5.74, 6) is 1.46. The lowest BCUT2D eigenvalue weighted by Gasteiger charge is -2.19. The zero-order valence-corrected chi connectivity index (χ0v) is 12.0. The minimum absolute atomic E-state index is 0.109. The first-order valence-electron chi connectivity index (χ1n) is 7.25. The fraction of sp³-hybridized carbons (Fsp3) is 0.312. The van der Waals surface area contributed by atoms with Crippen molar-refractivity contribution in [2.45, 2.75) is 19.8 Å². The highest BCUT2D eigenvalue weighted by molar-refractivity contribution is 6.10. The standard InChI is InChI=1S/C16H18N4O/c1-2-6-13-11-14(21)19-16(18-13)20-10-9-17-15(20)12-7-4-3-5-8-12/h3-5,7-8,11H,2,6,9-10H2,1H3,(H,18,19,21). The highest BCUT2D eigenvalue weighted by atomic mass is 16.1. The molecular formula is C16H18N4O. The first-order valence-corrected chi connectivity index (χ1v) is 7.25. The van der Waals surface area contributed by atoms with Gasteiger partial charge < -0.3 is 0 Å². The van der Waals surface area contributed by atoms with Gasteiger partial charge in [-0.25, -0.2) is 4.98 Å². The number of rotatable bonds is 4. The van der Waals surface area contributed by atoms with Crippen LogP contribution in [0.5, 0.6) is 0 Å². The Morgan fingerprint density at radius 3 is 2.86 bits per heavy atom. The van der Waals surface area contributed by atoms with Crippen LogP contribution < -0.4 is 10.5 Å². The Hall–Kier alpha value is -2.43. The van der Waals surface area contributed by atoms with Crippen molar-refractivity contribution in [3.05, 3.63) is 58.0 Å². The van der Waals surface area contributed by atoms with Crippen molar-refractivity contribution in [1.29, 1.82) is 0 Å². The highest BCUT2D eigenvalue weighted by Gasteiger charge is 2.22. The number of amidine groups is 1. The summed E-state index contributed by atoms with van der Waals surface area (Å²) in [6.07, 6.45) is 1.78. The SMILES string of the molecule is CCCc1cc(=O)[nH]c(N2CCN=C2c2ccccc2)n1. The van der Waals surface area contributed by atoms with Gasteiger partial charge in [0.25, 0.3) is 5.56 Å². The Morgan fingerprint density at radius 2 is 2.10 bits per heavy atom. The van der Waals surface area contributed by atoms with E-state index in [9.17, 15) is 4.79 Å². The van der Waals surface area contributed by atoms with Crippen LogP contribution in [-0.4, -0.2) is 28.9 Å². The van der Waals surface area contributed by atoms with E-state index in [0.29, 0.717) is 12.5 Å². The second kappa shape index (κ2) is 5.91. The predicted octanol–water partition coefficient (Wildman–Crippen LogP) is 1.99. The summed E-state index contributed by atoms with van der Waals surface area (Å²) in [6.45, 7) is 3.53. The van der Waals surface area contributed by atoms with Crippen LogP contribution in [0.4, 0.5) is 5.95 Å². The van der Waals surface area contributed by atoms with E-state index in [1.807, 2.05) is 35.2 Å². The van der Waals surface area contributed by atoms with Crippen molar-refractivity contribution in [2.75, 3.05) is 18.0 Å². The second-order valence-corrected chi connectivity index (χ2v) is 5.03. The Balaban J connectivity index is 1.97. The van der Waals surface area contributed by atoms with Gasteiger partial charge in [-0.1, -0.05) is 43.7 Å². The molecule has 108 valence electrons. The van der Waals surface area contributed by atoms with Crippen molar-refractivity contribution in [1.82, 2.24) is 9.97 Å². The zero-order valence-electron chi connectivity index (χ0n) is 12.0. The molecule has 5 nitrogen and oxygen atoms in total. The molecule has 1 aliphatic heterocycles. The average molecular weight is 282 g/mol. The number of H-pyrrole nitrogens is 1. The third kappa shape index (κ3) is 2.86. The number of hydrogen-bond acceptors (Lipinski definition) is 4. The predicted molar refractivity (Wildman–Crippen MR) is 84.0 cm³/mol. The molecule has 1 aromatic heterocycles. The summed E-state index contributed by atoms with van der Waals surface area (Å²) < 4.78 is 0. The zero-order chi connectivity index (χ0) is 14.7. The Kier molecular flexibility index (Phi) is 3.81. The van der Waals surface area contributed by atoms with Crippen molar-refractivity contribution < 1.29 is 0 Å². The van der Waals surface area contributed by atoms with Gasteiger partial charge in [-0.15, -0.1) is 0 Å². The van der Waals surface area contributed by atoms with E-state index >= 15 is 0 Å². The third-order valence-corrected chi connectivity index (χ3v) is 3.42. The molecule has 0 saturated heterocycles. The van der Waals surface area contributed by atoms with Crippen LogP contribution >= 0.6 is 0 Å². The smallest absolute Gasteiger partial charge is 0.252 e. The van der Waals surface area contributed by atoms with Crippen LogP contribution in [0.25, 0.3) is 0 Å². The van der Waals surface area contributed by atoms with Gasteiger partial charge in [0.15, 0.2) is 0 Å². The van der Waals surface area contributed by atoms with Gasteiger partial charge in [-0.3, -0.25) is 19.7 Å². The number of hydrogen-bond donors (Lipinski definition) is 1. The molecule has 0 spiro atoms. The number of benzene rings is 1. The number of aryl methyl sites for hydroxylation is 1.